The topological polar surface area (TPSA) is 40.6 Å². The molecule has 0 N–H and O–H groups in total. The molecule has 0 aromatic heterocycles. The molecule has 0 aromatic carbocycles. The van der Waals surface area contributed by atoms with E-state index in [1.54, 1.807) is 11.4 Å². The van der Waals surface area contributed by atoms with E-state index in [0.29, 0.717) is 31.9 Å². The molecule has 1 heterocycles. The van der Waals surface area contributed by atoms with Gasteiger partial charge in [-0.3, -0.25) is 0 Å². The molecule has 1 rings (SSSR count). The number of alkyl halides is 1. The Labute approximate surface area is 116 Å². The third-order valence-corrected chi connectivity index (χ3v) is 6.43. The Bertz CT molecular complexity index is 355. The molecule has 4 nitrogen and oxygen atoms in total. The molecule has 0 bridgehead atoms. The number of nitrogens with zero attached hydrogens (tertiary/aromatic N) is 2. The van der Waals surface area contributed by atoms with E-state index in [0.717, 1.165) is 19.3 Å². The van der Waals surface area contributed by atoms with Crippen LogP contribution >= 0.6 is 11.6 Å². The molecular weight excluding hydrogens is 272 g/mol. The molecule has 0 aliphatic carbocycles. The zero-order chi connectivity index (χ0) is 13.8. The van der Waals surface area contributed by atoms with Crippen LogP contribution < -0.4 is 0 Å². The summed E-state index contributed by atoms with van der Waals surface area (Å²) in [6, 6.07) is 0. The predicted molar refractivity (Wildman–Crippen MR) is 76.1 cm³/mol. The Morgan fingerprint density at radius 2 is 1.94 bits per heavy atom. The Balaban J connectivity index is 2.71. The van der Waals surface area contributed by atoms with Gasteiger partial charge in [-0.05, 0) is 31.1 Å². The van der Waals surface area contributed by atoms with Gasteiger partial charge in [0.15, 0.2) is 0 Å². The second kappa shape index (κ2) is 6.55. The lowest BCUT2D eigenvalue weighted by molar-refractivity contribution is 0.275. The Kier molecular flexibility index (Phi) is 5.90. The smallest absolute Gasteiger partial charge is 0.195 e. The van der Waals surface area contributed by atoms with Crippen LogP contribution in [0, 0.1) is 5.41 Å². The van der Waals surface area contributed by atoms with E-state index in [2.05, 4.69) is 13.8 Å². The van der Waals surface area contributed by atoms with Crippen LogP contribution in [0.5, 0.6) is 0 Å². The van der Waals surface area contributed by atoms with Gasteiger partial charge in [-0.2, -0.15) is 17.0 Å². The maximum atomic E-state index is 12.4. The Morgan fingerprint density at radius 3 is 2.39 bits per heavy atom. The summed E-state index contributed by atoms with van der Waals surface area (Å²) in [6.45, 7) is 6.10. The predicted octanol–water partition coefficient (Wildman–Crippen LogP) is 2.30. The second-order valence-corrected chi connectivity index (χ2v) is 7.58. The van der Waals surface area contributed by atoms with Crippen LogP contribution in [0.2, 0.25) is 0 Å². The van der Waals surface area contributed by atoms with Crippen molar-refractivity contribution in [2.24, 2.45) is 5.41 Å². The van der Waals surface area contributed by atoms with E-state index in [-0.39, 0.29) is 5.41 Å². The molecular formula is C12H25ClN2O2S. The Morgan fingerprint density at radius 1 is 1.33 bits per heavy atom. The van der Waals surface area contributed by atoms with Gasteiger partial charge in [0, 0.05) is 32.6 Å². The largest absolute Gasteiger partial charge is 0.281 e. The molecule has 1 aliphatic heterocycles. The molecule has 0 amide bonds. The summed E-state index contributed by atoms with van der Waals surface area (Å²) >= 11 is 5.61. The third-order valence-electron chi connectivity index (χ3n) is 4.23. The monoisotopic (exact) mass is 296 g/mol. The van der Waals surface area contributed by atoms with Gasteiger partial charge >= 0.3 is 0 Å². The highest BCUT2D eigenvalue weighted by atomic mass is 35.5. The minimum Gasteiger partial charge on any atom is -0.195 e. The quantitative estimate of drug-likeness (QED) is 0.677. The summed E-state index contributed by atoms with van der Waals surface area (Å²) in [4.78, 5) is 0. The van der Waals surface area contributed by atoms with E-state index < -0.39 is 10.2 Å². The molecule has 1 fully saturated rings. The number of halogens is 1. The summed E-state index contributed by atoms with van der Waals surface area (Å²) < 4.78 is 27.8. The third kappa shape index (κ3) is 3.38. The van der Waals surface area contributed by atoms with Gasteiger partial charge < -0.3 is 0 Å². The molecule has 108 valence electrons. The highest BCUT2D eigenvalue weighted by molar-refractivity contribution is 7.86. The number of hydrogen-bond donors (Lipinski definition) is 0. The fraction of sp³-hybridized carbons (Fsp3) is 1.00. The average Bonchev–Trinajstić information content (AvgIpc) is 2.81. The second-order valence-electron chi connectivity index (χ2n) is 5.16. The van der Waals surface area contributed by atoms with Crippen LogP contribution in [-0.4, -0.2) is 49.6 Å². The maximum absolute atomic E-state index is 12.4. The lowest BCUT2D eigenvalue weighted by Crippen LogP contribution is -2.42. The van der Waals surface area contributed by atoms with Gasteiger partial charge in [0.1, 0.15) is 0 Å². The van der Waals surface area contributed by atoms with Crippen LogP contribution in [0.25, 0.3) is 0 Å². The van der Waals surface area contributed by atoms with Gasteiger partial charge in [-0.1, -0.05) is 13.8 Å². The molecule has 0 radical (unpaired) electrons. The molecule has 0 atom stereocenters. The molecule has 6 heteroatoms. The summed E-state index contributed by atoms with van der Waals surface area (Å²) in [5.74, 6) is 0.494. The van der Waals surface area contributed by atoms with Gasteiger partial charge in [-0.25, -0.2) is 0 Å². The van der Waals surface area contributed by atoms with Crippen molar-refractivity contribution in [3.05, 3.63) is 0 Å². The zero-order valence-corrected chi connectivity index (χ0v) is 13.2. The van der Waals surface area contributed by atoms with Crippen molar-refractivity contribution in [1.29, 1.82) is 0 Å². The van der Waals surface area contributed by atoms with Crippen LogP contribution in [0.1, 0.15) is 39.5 Å². The molecule has 1 saturated heterocycles. The lowest BCUT2D eigenvalue weighted by Gasteiger charge is -2.28. The summed E-state index contributed by atoms with van der Waals surface area (Å²) in [6.07, 6.45) is 3.75. The molecule has 0 aromatic rings. The summed E-state index contributed by atoms with van der Waals surface area (Å²) in [5, 5.41) is 0. The Hall–Kier alpha value is 0.160. The van der Waals surface area contributed by atoms with Crippen molar-refractivity contribution in [3.63, 3.8) is 0 Å². The first-order chi connectivity index (χ1) is 8.41. The first-order valence-electron chi connectivity index (χ1n) is 6.69. The van der Waals surface area contributed by atoms with Crippen molar-refractivity contribution in [1.82, 2.24) is 8.61 Å². The van der Waals surface area contributed by atoms with Gasteiger partial charge in [-0.15, -0.1) is 11.6 Å². The van der Waals surface area contributed by atoms with Crippen molar-refractivity contribution >= 4 is 21.8 Å². The molecule has 1 aliphatic rings. The van der Waals surface area contributed by atoms with Crippen LogP contribution in [0.15, 0.2) is 0 Å². The minimum absolute atomic E-state index is 0.181. The summed E-state index contributed by atoms with van der Waals surface area (Å²) in [7, 11) is -1.66. The van der Waals surface area contributed by atoms with Gasteiger partial charge in [0.25, 0.3) is 10.2 Å². The van der Waals surface area contributed by atoms with Gasteiger partial charge in [0.2, 0.25) is 0 Å². The fourth-order valence-electron chi connectivity index (χ4n) is 2.51. The first-order valence-corrected chi connectivity index (χ1v) is 8.62. The van der Waals surface area contributed by atoms with Crippen molar-refractivity contribution in [2.75, 3.05) is 32.6 Å². The van der Waals surface area contributed by atoms with Crippen molar-refractivity contribution in [3.8, 4) is 0 Å². The highest BCUT2D eigenvalue weighted by Gasteiger charge is 2.41. The number of rotatable bonds is 7. The van der Waals surface area contributed by atoms with Crippen LogP contribution in [0.3, 0.4) is 0 Å². The van der Waals surface area contributed by atoms with E-state index in [1.165, 1.54) is 4.31 Å². The molecule has 0 saturated carbocycles. The first kappa shape index (κ1) is 16.2. The lowest BCUT2D eigenvalue weighted by atomic mass is 9.82. The average molecular weight is 297 g/mol. The molecule has 18 heavy (non-hydrogen) atoms. The minimum atomic E-state index is -3.29. The van der Waals surface area contributed by atoms with E-state index in [4.69, 9.17) is 11.6 Å². The van der Waals surface area contributed by atoms with E-state index in [1.807, 2.05) is 0 Å². The van der Waals surface area contributed by atoms with Crippen LogP contribution in [-0.2, 0) is 10.2 Å². The zero-order valence-electron chi connectivity index (χ0n) is 11.7. The summed E-state index contributed by atoms with van der Waals surface area (Å²) in [5.41, 5.74) is 0.181. The van der Waals surface area contributed by atoms with Crippen molar-refractivity contribution < 1.29 is 8.42 Å². The SMILES string of the molecule is CCC1(CC)CCN(S(=O)(=O)N(C)CCCCl)C1. The molecule has 0 unspecified atom stereocenters. The van der Waals surface area contributed by atoms with Crippen molar-refractivity contribution in [2.45, 2.75) is 39.5 Å². The maximum Gasteiger partial charge on any atom is 0.281 e. The van der Waals surface area contributed by atoms with E-state index in [9.17, 15) is 8.42 Å². The van der Waals surface area contributed by atoms with Crippen LogP contribution in [0.4, 0.5) is 0 Å². The highest BCUT2D eigenvalue weighted by Crippen LogP contribution is 2.38. The van der Waals surface area contributed by atoms with Gasteiger partial charge in [0.05, 0.1) is 0 Å². The standard InChI is InChI=1S/C12H25ClN2O2S/c1-4-12(5-2)7-10-15(11-12)18(16,17)14(3)9-6-8-13/h4-11H2,1-3H3. The van der Waals surface area contributed by atoms with E-state index >= 15 is 0 Å². The number of hydrogen-bond acceptors (Lipinski definition) is 2. The normalized spacial score (nSPS) is 20.7. The fourth-order valence-corrected chi connectivity index (χ4v) is 4.15. The molecule has 0 spiro atoms.